The Hall–Kier alpha value is -2.89. The molecule has 3 rings (SSSR count). The van der Waals surface area contributed by atoms with Gasteiger partial charge in [0.25, 0.3) is 0 Å². The van der Waals surface area contributed by atoms with Gasteiger partial charge in [0.1, 0.15) is 18.2 Å². The van der Waals surface area contributed by atoms with Gasteiger partial charge in [0.15, 0.2) is 11.5 Å². The van der Waals surface area contributed by atoms with Crippen LogP contribution in [-0.2, 0) is 25.5 Å². The van der Waals surface area contributed by atoms with Crippen LogP contribution in [0.4, 0.5) is 0 Å². The largest absolute Gasteiger partial charge is 0.504 e. The van der Waals surface area contributed by atoms with Crippen LogP contribution < -0.4 is 10.6 Å². The monoisotopic (exact) mass is 464 g/mol. The zero-order chi connectivity index (χ0) is 24.0. The molecular weight excluding hydrogens is 432 g/mol. The molecular formula is C22H32N4O7. The Morgan fingerprint density at radius 3 is 2.52 bits per heavy atom. The number of rotatable bonds is 9. The minimum Gasteiger partial charge on any atom is -0.504 e. The molecule has 1 aromatic carbocycles. The fourth-order valence-corrected chi connectivity index (χ4v) is 3.84. The second kappa shape index (κ2) is 11.3. The highest BCUT2D eigenvalue weighted by Gasteiger charge is 2.39. The summed E-state index contributed by atoms with van der Waals surface area (Å²) < 4.78 is 5.30. The average molecular weight is 465 g/mol. The van der Waals surface area contributed by atoms with Crippen LogP contribution in [0.2, 0.25) is 0 Å². The van der Waals surface area contributed by atoms with Gasteiger partial charge < -0.3 is 35.6 Å². The average Bonchev–Trinajstić information content (AvgIpc) is 2.76. The highest BCUT2D eigenvalue weighted by atomic mass is 16.5. The molecule has 0 saturated carbocycles. The van der Waals surface area contributed by atoms with Crippen molar-refractivity contribution in [3.05, 3.63) is 23.8 Å². The molecule has 2 aliphatic heterocycles. The molecule has 3 amide bonds. The molecule has 2 aliphatic rings. The normalized spacial score (nSPS) is 20.4. The van der Waals surface area contributed by atoms with Crippen molar-refractivity contribution >= 4 is 17.7 Å². The van der Waals surface area contributed by atoms with Gasteiger partial charge in [-0.15, -0.1) is 0 Å². The predicted octanol–water partition coefficient (Wildman–Crippen LogP) is -1.44. The summed E-state index contributed by atoms with van der Waals surface area (Å²) in [5.41, 5.74) is 0.448. The summed E-state index contributed by atoms with van der Waals surface area (Å²) in [5.74, 6) is -2.00. The fourth-order valence-electron chi connectivity index (χ4n) is 3.84. The molecule has 0 aromatic heterocycles. The van der Waals surface area contributed by atoms with E-state index >= 15 is 0 Å². The van der Waals surface area contributed by atoms with Crippen molar-refractivity contribution < 1.29 is 34.4 Å². The van der Waals surface area contributed by atoms with Gasteiger partial charge >= 0.3 is 0 Å². The lowest BCUT2D eigenvalue weighted by Crippen LogP contribution is -2.62. The maximum Gasteiger partial charge on any atom is 0.249 e. The van der Waals surface area contributed by atoms with E-state index in [1.54, 1.807) is 0 Å². The van der Waals surface area contributed by atoms with Crippen molar-refractivity contribution in [1.82, 2.24) is 20.4 Å². The zero-order valence-corrected chi connectivity index (χ0v) is 18.7. The minimum atomic E-state index is -1.44. The number of hydrogen-bond acceptors (Lipinski definition) is 8. The molecule has 11 nitrogen and oxygen atoms in total. The third kappa shape index (κ3) is 6.56. The van der Waals surface area contributed by atoms with Crippen molar-refractivity contribution in [2.75, 3.05) is 45.9 Å². The number of morpholine rings is 1. The van der Waals surface area contributed by atoms with Crippen molar-refractivity contribution in [1.29, 1.82) is 0 Å². The van der Waals surface area contributed by atoms with Gasteiger partial charge in [-0.3, -0.25) is 19.3 Å². The number of nitrogens with one attached hydrogen (secondary N) is 2. The molecule has 33 heavy (non-hydrogen) atoms. The first-order valence-electron chi connectivity index (χ1n) is 11.1. The molecule has 3 unspecified atom stereocenters. The van der Waals surface area contributed by atoms with Crippen molar-refractivity contribution in [2.24, 2.45) is 0 Å². The summed E-state index contributed by atoms with van der Waals surface area (Å²) in [6.45, 7) is 6.19. The first kappa shape index (κ1) is 24.7. The lowest BCUT2D eigenvalue weighted by molar-refractivity contribution is -0.150. The van der Waals surface area contributed by atoms with E-state index in [9.17, 15) is 29.7 Å². The number of hydrogen-bond donors (Lipinski definition) is 5. The molecule has 3 atom stereocenters. The number of nitrogens with zero attached hydrogens (tertiary/aromatic N) is 2. The number of ether oxygens (including phenoxy) is 1. The maximum atomic E-state index is 12.7. The summed E-state index contributed by atoms with van der Waals surface area (Å²) >= 11 is 0. The van der Waals surface area contributed by atoms with E-state index in [1.165, 1.54) is 30.0 Å². The van der Waals surface area contributed by atoms with Crippen molar-refractivity contribution in [3.8, 4) is 11.5 Å². The maximum absolute atomic E-state index is 12.7. The second-order valence-corrected chi connectivity index (χ2v) is 8.35. The van der Waals surface area contributed by atoms with Crippen LogP contribution in [0.15, 0.2) is 18.2 Å². The Morgan fingerprint density at radius 1 is 1.15 bits per heavy atom. The number of amides is 3. The van der Waals surface area contributed by atoms with Crippen LogP contribution in [-0.4, -0.2) is 107 Å². The molecule has 0 spiro atoms. The van der Waals surface area contributed by atoms with Crippen LogP contribution in [0.25, 0.3) is 0 Å². The number of benzene rings is 1. The Bertz CT molecular complexity index is 859. The quantitative estimate of drug-likeness (QED) is 0.279. The van der Waals surface area contributed by atoms with Gasteiger partial charge in [-0.2, -0.15) is 0 Å². The van der Waals surface area contributed by atoms with E-state index < -0.39 is 30.0 Å². The summed E-state index contributed by atoms with van der Waals surface area (Å²) in [4.78, 5) is 41.2. The van der Waals surface area contributed by atoms with Crippen LogP contribution in [0.3, 0.4) is 0 Å². The van der Waals surface area contributed by atoms with Gasteiger partial charge in [0.05, 0.1) is 13.2 Å². The van der Waals surface area contributed by atoms with Crippen LogP contribution in [0.5, 0.6) is 11.5 Å². The molecule has 182 valence electrons. The number of phenolic OH excluding ortho intramolecular Hbond substituents is 2. The molecule has 0 bridgehead atoms. The summed E-state index contributed by atoms with van der Waals surface area (Å²) in [6.07, 6.45) is -0.985. The lowest BCUT2D eigenvalue weighted by atomic mass is 10.0. The molecule has 2 fully saturated rings. The van der Waals surface area contributed by atoms with E-state index in [2.05, 4.69) is 15.5 Å². The van der Waals surface area contributed by atoms with Crippen molar-refractivity contribution in [3.63, 3.8) is 0 Å². The number of carbonyl (C=O) groups is 3. The first-order valence-corrected chi connectivity index (χ1v) is 11.1. The van der Waals surface area contributed by atoms with Gasteiger partial charge in [0.2, 0.25) is 17.7 Å². The third-order valence-corrected chi connectivity index (χ3v) is 5.94. The number of phenols is 2. The molecule has 1 aromatic rings. The molecule has 2 heterocycles. The minimum absolute atomic E-state index is 0.0987. The van der Waals surface area contributed by atoms with Gasteiger partial charge in [-0.05, 0) is 31.0 Å². The van der Waals surface area contributed by atoms with Crippen LogP contribution >= 0.6 is 0 Å². The van der Waals surface area contributed by atoms with E-state index in [0.717, 1.165) is 19.6 Å². The second-order valence-electron chi connectivity index (χ2n) is 8.35. The third-order valence-electron chi connectivity index (χ3n) is 5.94. The van der Waals surface area contributed by atoms with E-state index in [4.69, 9.17) is 4.74 Å². The SMILES string of the molecule is CC(NC(=O)C(O)Cc1ccc(O)c(O)c1)C(=O)N1CCC1C(=O)NCCN1CCOCC1. The van der Waals surface area contributed by atoms with Crippen molar-refractivity contribution in [2.45, 2.75) is 38.0 Å². The first-order chi connectivity index (χ1) is 15.8. The highest BCUT2D eigenvalue weighted by molar-refractivity contribution is 5.93. The Balaban J connectivity index is 1.42. The Kier molecular flexibility index (Phi) is 8.48. The topological polar surface area (TPSA) is 152 Å². The number of carbonyl (C=O) groups excluding carboxylic acids is 3. The smallest absolute Gasteiger partial charge is 0.249 e. The summed E-state index contributed by atoms with van der Waals surface area (Å²) in [7, 11) is 0. The number of aliphatic hydroxyl groups is 1. The highest BCUT2D eigenvalue weighted by Crippen LogP contribution is 2.25. The van der Waals surface area contributed by atoms with Gasteiger partial charge in [0, 0.05) is 39.1 Å². The molecule has 5 N–H and O–H groups in total. The van der Waals surface area contributed by atoms with E-state index in [-0.39, 0.29) is 23.8 Å². The molecule has 0 radical (unpaired) electrons. The lowest BCUT2D eigenvalue weighted by Gasteiger charge is -2.41. The number of aliphatic hydroxyl groups excluding tert-OH is 1. The van der Waals surface area contributed by atoms with E-state index in [0.29, 0.717) is 38.3 Å². The molecule has 11 heteroatoms. The zero-order valence-electron chi connectivity index (χ0n) is 18.7. The standard InChI is InChI=1S/C22H32N4O7/c1-14(24-21(31)19(29)13-15-2-3-17(27)18(28)12-15)22(32)26-6-4-16(26)20(30)23-5-7-25-8-10-33-11-9-25/h2-3,12,14,16,19,27-29H,4-11,13H2,1H3,(H,23,30)(H,24,31). The Morgan fingerprint density at radius 2 is 1.88 bits per heavy atom. The van der Waals surface area contributed by atoms with Gasteiger partial charge in [-0.25, -0.2) is 0 Å². The molecule has 2 saturated heterocycles. The molecule has 0 aliphatic carbocycles. The fraction of sp³-hybridized carbons (Fsp3) is 0.591. The van der Waals surface area contributed by atoms with Crippen LogP contribution in [0, 0.1) is 0 Å². The number of aromatic hydroxyl groups is 2. The predicted molar refractivity (Wildman–Crippen MR) is 117 cm³/mol. The van der Waals surface area contributed by atoms with Crippen LogP contribution in [0.1, 0.15) is 18.9 Å². The summed E-state index contributed by atoms with van der Waals surface area (Å²) in [5, 5.41) is 34.4. The van der Waals surface area contributed by atoms with E-state index in [1.807, 2.05) is 0 Å². The summed E-state index contributed by atoms with van der Waals surface area (Å²) in [6, 6.07) is 2.51. The number of likely N-dealkylation sites (tertiary alicyclic amines) is 1. The van der Waals surface area contributed by atoms with Gasteiger partial charge in [-0.1, -0.05) is 6.07 Å². The Labute approximate surface area is 192 Å².